The Labute approximate surface area is 357 Å². The van der Waals surface area contributed by atoms with E-state index >= 15 is 0 Å². The van der Waals surface area contributed by atoms with Gasteiger partial charge in [-0.3, -0.25) is 19.7 Å². The maximum Gasteiger partial charge on any atom is 0.306 e. The molecule has 0 aromatic heterocycles. The van der Waals surface area contributed by atoms with Crippen molar-refractivity contribution in [2.45, 2.75) is 245 Å². The molecule has 0 saturated carbocycles. The van der Waals surface area contributed by atoms with Gasteiger partial charge in [0.05, 0.1) is 11.5 Å². The van der Waals surface area contributed by atoms with Gasteiger partial charge in [-0.2, -0.15) is 0 Å². The number of ether oxygens (including phenoxy) is 2. The fraction of sp³-hybridized carbons (Fsp3) is 0.917. The summed E-state index contributed by atoms with van der Waals surface area (Å²) >= 11 is 0. The van der Waals surface area contributed by atoms with E-state index in [9.17, 15) is 19.7 Å². The summed E-state index contributed by atoms with van der Waals surface area (Å²) in [5.41, 5.74) is 0. The molecule has 0 heterocycles. The van der Waals surface area contributed by atoms with Crippen LogP contribution in [0, 0.1) is 10.1 Å². The molecule has 0 aliphatic heterocycles. The van der Waals surface area contributed by atoms with E-state index in [2.05, 4.69) is 36.3 Å². The maximum atomic E-state index is 12.8. The van der Waals surface area contributed by atoms with Crippen LogP contribution in [0.15, 0.2) is 12.0 Å². The molecule has 0 radical (unpaired) electrons. The van der Waals surface area contributed by atoms with Crippen molar-refractivity contribution in [3.63, 3.8) is 0 Å². The zero-order chi connectivity index (χ0) is 42.6. The van der Waals surface area contributed by atoms with Crippen molar-refractivity contribution in [1.82, 2.24) is 15.5 Å². The number of nitrogens with zero attached hydrogens (tertiary/aromatic N) is 2. The standard InChI is InChI=1S/C48H94N4O6/c1-5-8-11-14-17-18-19-25-33-43-57-47(53)37-30-26-32-41-51(42-34-39-50-46(49-4)44-52(55)56)40-31-24-20-23-29-38-48(54)58-45(35-27-21-15-12-9-6-2)36-28-22-16-13-10-7-3/h44-45,49-50H,5-43H2,1-4H3/b46-44+. The van der Waals surface area contributed by atoms with Crippen LogP contribution in [-0.4, -0.2) is 67.7 Å². The Kier molecular flexibility index (Phi) is 42.4. The number of unbranched alkanes of at least 4 members (excludes halogenated alkanes) is 24. The summed E-state index contributed by atoms with van der Waals surface area (Å²) in [7, 11) is 1.68. The molecule has 0 aromatic carbocycles. The van der Waals surface area contributed by atoms with Crippen molar-refractivity contribution in [3.8, 4) is 0 Å². The second-order valence-corrected chi connectivity index (χ2v) is 16.8. The number of esters is 2. The molecular weight excluding hydrogens is 729 g/mol. The Morgan fingerprint density at radius 3 is 1.48 bits per heavy atom. The molecule has 0 aliphatic rings. The van der Waals surface area contributed by atoms with Crippen LogP contribution >= 0.6 is 0 Å². The SMILES string of the molecule is CCCCCCCCCCCOC(=O)CCCCCN(CCCCCCCC(=O)OC(CCCCCCCC)CCCCCCCC)CCCN/C(=C/[N+](=O)[O-])NC. The monoisotopic (exact) mass is 823 g/mol. The highest BCUT2D eigenvalue weighted by Gasteiger charge is 2.14. The third-order valence-corrected chi connectivity index (χ3v) is 11.2. The highest BCUT2D eigenvalue weighted by Crippen LogP contribution is 2.19. The van der Waals surface area contributed by atoms with Crippen LogP contribution in [0.25, 0.3) is 0 Å². The van der Waals surface area contributed by atoms with E-state index in [4.69, 9.17) is 9.47 Å². The smallest absolute Gasteiger partial charge is 0.306 e. The number of hydrogen-bond donors (Lipinski definition) is 2. The minimum absolute atomic E-state index is 0.0108. The van der Waals surface area contributed by atoms with Crippen molar-refractivity contribution >= 4 is 11.9 Å². The first-order valence-electron chi connectivity index (χ1n) is 24.7. The van der Waals surface area contributed by atoms with Gasteiger partial charge in [-0.15, -0.1) is 0 Å². The van der Waals surface area contributed by atoms with Gasteiger partial charge in [-0.1, -0.05) is 162 Å². The van der Waals surface area contributed by atoms with E-state index < -0.39 is 4.92 Å². The first kappa shape index (κ1) is 55.6. The van der Waals surface area contributed by atoms with Gasteiger partial charge < -0.3 is 25.0 Å². The Morgan fingerprint density at radius 1 is 0.569 bits per heavy atom. The van der Waals surface area contributed by atoms with E-state index in [1.165, 1.54) is 109 Å². The van der Waals surface area contributed by atoms with Gasteiger partial charge in [-0.05, 0) is 83.8 Å². The van der Waals surface area contributed by atoms with Crippen molar-refractivity contribution in [3.05, 3.63) is 22.1 Å². The van der Waals surface area contributed by atoms with Gasteiger partial charge in [0.25, 0.3) is 6.20 Å². The quantitative estimate of drug-likeness (QED) is 0.0267. The summed E-state index contributed by atoms with van der Waals surface area (Å²) in [6.45, 7) is 10.8. The van der Waals surface area contributed by atoms with Crippen LogP contribution in [0.1, 0.15) is 239 Å². The van der Waals surface area contributed by atoms with Gasteiger partial charge in [-0.25, -0.2) is 0 Å². The zero-order valence-corrected chi connectivity index (χ0v) is 38.6. The molecule has 0 saturated heterocycles. The summed E-state index contributed by atoms with van der Waals surface area (Å²) in [4.78, 5) is 38.0. The molecular formula is C48H94N4O6. The molecule has 10 nitrogen and oxygen atoms in total. The lowest BCUT2D eigenvalue weighted by Gasteiger charge is -2.22. The molecule has 0 aromatic rings. The van der Waals surface area contributed by atoms with Crippen LogP contribution in [0.3, 0.4) is 0 Å². The topological polar surface area (TPSA) is 123 Å². The normalized spacial score (nSPS) is 11.7. The Bertz CT molecular complexity index is 948. The van der Waals surface area contributed by atoms with E-state index in [1.54, 1.807) is 7.05 Å². The summed E-state index contributed by atoms with van der Waals surface area (Å²) < 4.78 is 11.5. The lowest BCUT2D eigenvalue weighted by atomic mass is 10.0. The third-order valence-electron chi connectivity index (χ3n) is 11.2. The molecule has 0 aliphatic carbocycles. The number of nitrogens with one attached hydrogen (secondary N) is 2. The number of rotatable bonds is 46. The number of hydrogen-bond acceptors (Lipinski definition) is 9. The fourth-order valence-corrected chi connectivity index (χ4v) is 7.56. The molecule has 10 heteroatoms. The Balaban J connectivity index is 4.50. The van der Waals surface area contributed by atoms with Crippen LogP contribution < -0.4 is 10.6 Å². The number of carbonyl (C=O) groups excluding carboxylic acids is 2. The molecule has 0 fully saturated rings. The van der Waals surface area contributed by atoms with Crippen molar-refractivity contribution in [1.29, 1.82) is 0 Å². The zero-order valence-electron chi connectivity index (χ0n) is 38.6. The van der Waals surface area contributed by atoms with Crippen molar-refractivity contribution in [2.75, 3.05) is 39.8 Å². The van der Waals surface area contributed by atoms with Crippen LogP contribution in [0.2, 0.25) is 0 Å². The first-order chi connectivity index (χ1) is 28.4. The maximum absolute atomic E-state index is 12.8. The predicted molar refractivity (Wildman–Crippen MR) is 243 cm³/mol. The van der Waals surface area contributed by atoms with E-state index in [0.717, 1.165) is 122 Å². The Hall–Kier alpha value is -2.36. The van der Waals surface area contributed by atoms with Crippen molar-refractivity contribution in [2.24, 2.45) is 0 Å². The van der Waals surface area contributed by atoms with Crippen LogP contribution in [0.5, 0.6) is 0 Å². The average Bonchev–Trinajstić information content (AvgIpc) is 3.21. The molecule has 0 bridgehead atoms. The van der Waals surface area contributed by atoms with Crippen LogP contribution in [-0.2, 0) is 19.1 Å². The minimum atomic E-state index is -0.452. The van der Waals surface area contributed by atoms with Crippen molar-refractivity contribution < 1.29 is 24.0 Å². The molecule has 0 amide bonds. The predicted octanol–water partition coefficient (Wildman–Crippen LogP) is 13.0. The summed E-state index contributed by atoms with van der Waals surface area (Å²) in [6.07, 6.45) is 39.6. The molecule has 0 spiro atoms. The molecule has 0 unspecified atom stereocenters. The number of nitro groups is 1. The average molecular weight is 823 g/mol. The molecule has 0 rings (SSSR count). The highest BCUT2D eigenvalue weighted by atomic mass is 16.6. The van der Waals surface area contributed by atoms with Gasteiger partial charge >= 0.3 is 11.9 Å². The van der Waals surface area contributed by atoms with Gasteiger partial charge in [0, 0.05) is 26.4 Å². The molecule has 58 heavy (non-hydrogen) atoms. The van der Waals surface area contributed by atoms with E-state index in [1.807, 2.05) is 0 Å². The fourth-order valence-electron chi connectivity index (χ4n) is 7.56. The minimum Gasteiger partial charge on any atom is -0.466 e. The Morgan fingerprint density at radius 2 is 0.983 bits per heavy atom. The third kappa shape index (κ3) is 40.4. The van der Waals surface area contributed by atoms with Gasteiger partial charge in [0.1, 0.15) is 6.10 Å². The summed E-state index contributed by atoms with van der Waals surface area (Å²) in [5, 5.41) is 16.8. The second kappa shape index (κ2) is 44.2. The van der Waals surface area contributed by atoms with Gasteiger partial charge in [0.2, 0.25) is 0 Å². The summed E-state index contributed by atoms with van der Waals surface area (Å²) in [5.74, 6) is 0.333. The van der Waals surface area contributed by atoms with Gasteiger partial charge in [0.15, 0.2) is 5.82 Å². The van der Waals surface area contributed by atoms with Crippen LogP contribution in [0.4, 0.5) is 0 Å². The second-order valence-electron chi connectivity index (χ2n) is 16.8. The largest absolute Gasteiger partial charge is 0.466 e. The highest BCUT2D eigenvalue weighted by molar-refractivity contribution is 5.69. The van der Waals surface area contributed by atoms with E-state index in [0.29, 0.717) is 31.8 Å². The van der Waals surface area contributed by atoms with E-state index in [-0.39, 0.29) is 18.0 Å². The molecule has 0 atom stereocenters. The first-order valence-corrected chi connectivity index (χ1v) is 24.7. The molecule has 2 N–H and O–H groups in total. The lowest BCUT2D eigenvalue weighted by Crippen LogP contribution is -2.31. The lowest BCUT2D eigenvalue weighted by molar-refractivity contribution is -0.404. The number of carbonyl (C=O) groups is 2. The molecule has 342 valence electrons. The summed E-state index contributed by atoms with van der Waals surface area (Å²) in [6, 6.07) is 0.